The van der Waals surface area contributed by atoms with E-state index in [-0.39, 0.29) is 11.5 Å². The molecule has 4 aromatic rings. The van der Waals surface area contributed by atoms with Crippen LogP contribution in [0.25, 0.3) is 22.2 Å². The number of aromatic nitrogens is 1. The molecule has 0 unspecified atom stereocenters. The molecular formula is C20H16N2O3. The normalized spacial score (nSPS) is 12.3. The largest absolute Gasteiger partial charge is 0.468 e. The topological polar surface area (TPSA) is 72.1 Å². The first-order valence-corrected chi connectivity index (χ1v) is 8.05. The highest BCUT2D eigenvalue weighted by atomic mass is 16.6. The molecule has 0 bridgehead atoms. The van der Waals surface area contributed by atoms with E-state index in [0.717, 1.165) is 27.7 Å². The highest BCUT2D eigenvalue weighted by Gasteiger charge is 2.29. The van der Waals surface area contributed by atoms with Crippen LogP contribution in [0.5, 0.6) is 0 Å². The quantitative estimate of drug-likeness (QED) is 0.420. The summed E-state index contributed by atoms with van der Waals surface area (Å²) in [4.78, 5) is 14.5. The molecule has 0 aliphatic rings. The summed E-state index contributed by atoms with van der Waals surface area (Å²) < 4.78 is 5.54. The van der Waals surface area contributed by atoms with Crippen molar-refractivity contribution in [1.82, 2.24) is 4.98 Å². The van der Waals surface area contributed by atoms with Gasteiger partial charge >= 0.3 is 0 Å². The van der Waals surface area contributed by atoms with Gasteiger partial charge in [0.2, 0.25) is 6.54 Å². The third-order valence-corrected chi connectivity index (χ3v) is 4.38. The number of aromatic amines is 1. The summed E-state index contributed by atoms with van der Waals surface area (Å²) in [6.07, 6.45) is 1.55. The van der Waals surface area contributed by atoms with Crippen LogP contribution in [-0.2, 0) is 0 Å². The maximum Gasteiger partial charge on any atom is 0.217 e. The molecule has 0 saturated heterocycles. The van der Waals surface area contributed by atoms with Crippen molar-refractivity contribution < 1.29 is 9.34 Å². The molecule has 25 heavy (non-hydrogen) atoms. The molecule has 0 saturated carbocycles. The highest BCUT2D eigenvalue weighted by molar-refractivity contribution is 5.91. The van der Waals surface area contributed by atoms with Crippen molar-refractivity contribution in [2.75, 3.05) is 6.54 Å². The minimum atomic E-state index is -0.462. The Morgan fingerprint density at radius 1 is 1.00 bits per heavy atom. The Bertz CT molecular complexity index is 1000. The van der Waals surface area contributed by atoms with Crippen molar-refractivity contribution in [3.63, 3.8) is 0 Å². The minimum Gasteiger partial charge on any atom is -0.468 e. The maximum atomic E-state index is 11.3. The molecule has 5 nitrogen and oxygen atoms in total. The van der Waals surface area contributed by atoms with Gasteiger partial charge in [0.15, 0.2) is 0 Å². The molecule has 1 N–H and O–H groups in total. The van der Waals surface area contributed by atoms with E-state index in [1.807, 2.05) is 54.6 Å². The van der Waals surface area contributed by atoms with Crippen LogP contribution in [0.3, 0.4) is 0 Å². The second kappa shape index (κ2) is 6.28. The number of rotatable bonds is 5. The van der Waals surface area contributed by atoms with Crippen molar-refractivity contribution in [1.29, 1.82) is 0 Å². The predicted octanol–water partition coefficient (Wildman–Crippen LogP) is 4.84. The van der Waals surface area contributed by atoms with Gasteiger partial charge in [-0.05, 0) is 23.8 Å². The Morgan fingerprint density at radius 3 is 2.48 bits per heavy atom. The summed E-state index contributed by atoms with van der Waals surface area (Å²) in [5.74, 6) is 0.134. The van der Waals surface area contributed by atoms with E-state index in [2.05, 4.69) is 4.98 Å². The van der Waals surface area contributed by atoms with Gasteiger partial charge in [-0.2, -0.15) is 0 Å². The number of H-pyrrole nitrogens is 1. The molecule has 0 aliphatic carbocycles. The number of fused-ring (bicyclic) bond motifs is 1. The fourth-order valence-electron chi connectivity index (χ4n) is 3.32. The smallest absolute Gasteiger partial charge is 0.217 e. The van der Waals surface area contributed by atoms with Gasteiger partial charge in [-0.3, -0.25) is 10.1 Å². The van der Waals surface area contributed by atoms with E-state index in [4.69, 9.17) is 4.42 Å². The van der Waals surface area contributed by atoms with Gasteiger partial charge in [0.1, 0.15) is 11.7 Å². The maximum absolute atomic E-state index is 11.3. The van der Waals surface area contributed by atoms with Gasteiger partial charge in [0, 0.05) is 21.4 Å². The average Bonchev–Trinajstić information content (AvgIpc) is 3.28. The number of benzene rings is 2. The van der Waals surface area contributed by atoms with E-state index in [1.54, 1.807) is 18.4 Å². The first-order chi connectivity index (χ1) is 12.2. The van der Waals surface area contributed by atoms with Crippen LogP contribution in [-0.4, -0.2) is 16.5 Å². The molecule has 4 rings (SSSR count). The summed E-state index contributed by atoms with van der Waals surface area (Å²) in [6, 6.07) is 21.3. The molecule has 2 aromatic carbocycles. The lowest BCUT2D eigenvalue weighted by Crippen LogP contribution is -2.14. The van der Waals surface area contributed by atoms with Crippen LogP contribution in [0.4, 0.5) is 0 Å². The summed E-state index contributed by atoms with van der Waals surface area (Å²) in [5, 5.41) is 12.3. The van der Waals surface area contributed by atoms with E-state index in [9.17, 15) is 10.1 Å². The predicted molar refractivity (Wildman–Crippen MR) is 96.1 cm³/mol. The van der Waals surface area contributed by atoms with Crippen molar-refractivity contribution in [2.45, 2.75) is 5.92 Å². The highest BCUT2D eigenvalue weighted by Crippen LogP contribution is 2.38. The number of hydrogen-bond donors (Lipinski definition) is 1. The summed E-state index contributed by atoms with van der Waals surface area (Å²) in [7, 11) is 0. The van der Waals surface area contributed by atoms with Gasteiger partial charge in [0.05, 0.1) is 12.0 Å². The van der Waals surface area contributed by atoms with Gasteiger partial charge in [-0.15, -0.1) is 0 Å². The molecule has 5 heteroatoms. The fourth-order valence-corrected chi connectivity index (χ4v) is 3.32. The van der Waals surface area contributed by atoms with Crippen LogP contribution in [0.1, 0.15) is 17.2 Å². The molecule has 1 atom stereocenters. The number of hydrogen-bond acceptors (Lipinski definition) is 3. The van der Waals surface area contributed by atoms with Crippen molar-refractivity contribution in [3.8, 4) is 11.3 Å². The zero-order chi connectivity index (χ0) is 17.2. The van der Waals surface area contributed by atoms with E-state index < -0.39 is 5.92 Å². The lowest BCUT2D eigenvalue weighted by molar-refractivity contribution is -0.482. The van der Waals surface area contributed by atoms with Crippen molar-refractivity contribution >= 4 is 10.9 Å². The first kappa shape index (κ1) is 15.2. The summed E-state index contributed by atoms with van der Waals surface area (Å²) >= 11 is 0. The standard InChI is InChI=1S/C20H16N2O3/c23-22(24)13-16(18-11-6-12-25-18)19-15-9-4-5-10-17(15)21-20(19)14-7-2-1-3-8-14/h1-12,16,21H,13H2/t16-/m1/s1. The summed E-state index contributed by atoms with van der Waals surface area (Å²) in [6.45, 7) is -0.227. The lowest BCUT2D eigenvalue weighted by Gasteiger charge is -2.13. The second-order valence-electron chi connectivity index (χ2n) is 5.91. The SMILES string of the molecule is O=[N+]([O-])C[C@H](c1ccco1)c1c(-c2ccccc2)[nH]c2ccccc12. The van der Waals surface area contributed by atoms with E-state index in [0.29, 0.717) is 5.76 Å². The van der Waals surface area contributed by atoms with E-state index >= 15 is 0 Å². The Hall–Kier alpha value is -3.34. The number of nitrogens with zero attached hydrogens (tertiary/aromatic N) is 1. The lowest BCUT2D eigenvalue weighted by atomic mass is 9.91. The molecule has 2 heterocycles. The van der Waals surface area contributed by atoms with Crippen LogP contribution >= 0.6 is 0 Å². The Kier molecular flexibility index (Phi) is 3.82. The van der Waals surface area contributed by atoms with Gasteiger partial charge in [0.25, 0.3) is 0 Å². The van der Waals surface area contributed by atoms with Crippen molar-refractivity contribution in [2.24, 2.45) is 0 Å². The fraction of sp³-hybridized carbons (Fsp3) is 0.100. The minimum absolute atomic E-state index is 0.227. The van der Waals surface area contributed by atoms with Gasteiger partial charge < -0.3 is 9.40 Å². The molecule has 124 valence electrons. The summed E-state index contributed by atoms with van der Waals surface area (Å²) in [5.41, 5.74) is 3.74. The number of para-hydroxylation sites is 1. The third kappa shape index (κ3) is 2.80. The Morgan fingerprint density at radius 2 is 1.76 bits per heavy atom. The van der Waals surface area contributed by atoms with Gasteiger partial charge in [-0.1, -0.05) is 48.5 Å². The van der Waals surface area contributed by atoms with Crippen molar-refractivity contribution in [3.05, 3.63) is 94.4 Å². The molecule has 0 amide bonds. The first-order valence-electron chi connectivity index (χ1n) is 8.05. The zero-order valence-electron chi connectivity index (χ0n) is 13.4. The number of nitrogens with one attached hydrogen (secondary N) is 1. The Labute approximate surface area is 144 Å². The molecule has 0 aliphatic heterocycles. The average molecular weight is 332 g/mol. The number of nitro groups is 1. The molecule has 0 radical (unpaired) electrons. The zero-order valence-corrected chi connectivity index (χ0v) is 13.4. The van der Waals surface area contributed by atoms with Crippen LogP contribution in [0.15, 0.2) is 77.4 Å². The molecule has 0 spiro atoms. The Balaban J connectivity index is 1.99. The van der Waals surface area contributed by atoms with Gasteiger partial charge in [-0.25, -0.2) is 0 Å². The number of furan rings is 1. The van der Waals surface area contributed by atoms with E-state index in [1.165, 1.54) is 0 Å². The van der Waals surface area contributed by atoms with Crippen LogP contribution < -0.4 is 0 Å². The molecule has 2 aromatic heterocycles. The molecule has 0 fully saturated rings. The monoisotopic (exact) mass is 332 g/mol. The van der Waals surface area contributed by atoms with Crippen LogP contribution in [0, 0.1) is 10.1 Å². The second-order valence-corrected chi connectivity index (χ2v) is 5.91. The van der Waals surface area contributed by atoms with Crippen LogP contribution in [0.2, 0.25) is 0 Å². The third-order valence-electron chi connectivity index (χ3n) is 4.38. The molecular weight excluding hydrogens is 316 g/mol.